The van der Waals surface area contributed by atoms with Crippen LogP contribution in [0.15, 0.2) is 52.0 Å². The van der Waals surface area contributed by atoms with Crippen LogP contribution in [-0.2, 0) is 16.4 Å². The van der Waals surface area contributed by atoms with Crippen LogP contribution in [0, 0.1) is 6.92 Å². The second kappa shape index (κ2) is 8.33. The van der Waals surface area contributed by atoms with Crippen LogP contribution in [-0.4, -0.2) is 32.4 Å². The van der Waals surface area contributed by atoms with Gasteiger partial charge in [0.15, 0.2) is 0 Å². The van der Waals surface area contributed by atoms with Gasteiger partial charge < -0.3 is 10.2 Å². The third-order valence-electron chi connectivity index (χ3n) is 3.18. The van der Waals surface area contributed by atoms with E-state index < -0.39 is 10.0 Å². The summed E-state index contributed by atoms with van der Waals surface area (Å²) >= 11 is 0. The van der Waals surface area contributed by atoms with Crippen LogP contribution in [0.2, 0.25) is 0 Å². The summed E-state index contributed by atoms with van der Waals surface area (Å²) in [6.07, 6.45) is 0.639. The van der Waals surface area contributed by atoms with E-state index in [2.05, 4.69) is 0 Å². The Morgan fingerprint density at radius 3 is 2.32 bits per heavy atom. The van der Waals surface area contributed by atoms with Crippen molar-refractivity contribution in [2.45, 2.75) is 18.4 Å². The number of sulfonamides is 1. The van der Waals surface area contributed by atoms with E-state index in [1.165, 1.54) is 10.4 Å². The Bertz CT molecular complexity index is 671. The highest BCUT2D eigenvalue weighted by molar-refractivity contribution is 7.89. The molecule has 1 aromatic heterocycles. The summed E-state index contributed by atoms with van der Waals surface area (Å²) < 4.78 is 31.7. The van der Waals surface area contributed by atoms with Crippen LogP contribution in [0.4, 0.5) is 0 Å². The second-order valence-electron chi connectivity index (χ2n) is 4.79. The quantitative estimate of drug-likeness (QED) is 0.835. The largest absolute Gasteiger partial charge is 0.449 e. The van der Waals surface area contributed by atoms with Gasteiger partial charge >= 0.3 is 0 Å². The smallest absolute Gasteiger partial charge is 0.276 e. The van der Waals surface area contributed by atoms with Crippen molar-refractivity contribution in [3.63, 3.8) is 0 Å². The fraction of sp³-hybridized carbons (Fsp3) is 0.333. The zero-order valence-electron chi connectivity index (χ0n) is 12.4. The van der Waals surface area contributed by atoms with Gasteiger partial charge in [-0.1, -0.05) is 30.3 Å². The van der Waals surface area contributed by atoms with Gasteiger partial charge in [-0.15, -0.1) is 12.4 Å². The molecule has 7 heteroatoms. The van der Waals surface area contributed by atoms with Crippen LogP contribution < -0.4 is 5.73 Å². The van der Waals surface area contributed by atoms with E-state index in [9.17, 15) is 8.42 Å². The molecule has 0 aliphatic rings. The van der Waals surface area contributed by atoms with E-state index in [0.717, 1.165) is 5.56 Å². The van der Waals surface area contributed by atoms with Gasteiger partial charge in [0, 0.05) is 19.6 Å². The lowest BCUT2D eigenvalue weighted by atomic mass is 10.1. The maximum absolute atomic E-state index is 12.5. The van der Waals surface area contributed by atoms with Crippen LogP contribution in [0.5, 0.6) is 0 Å². The van der Waals surface area contributed by atoms with Gasteiger partial charge in [-0.3, -0.25) is 0 Å². The van der Waals surface area contributed by atoms with E-state index in [4.69, 9.17) is 10.2 Å². The minimum atomic E-state index is -3.63. The lowest BCUT2D eigenvalue weighted by Crippen LogP contribution is -2.36. The number of rotatable bonds is 7. The highest BCUT2D eigenvalue weighted by Gasteiger charge is 2.26. The SMILES string of the molecule is Cc1ccc(S(=O)(=O)N(CCN)CCc2ccccc2)o1.Cl. The summed E-state index contributed by atoms with van der Waals surface area (Å²) in [6.45, 7) is 2.64. The molecule has 5 nitrogen and oxygen atoms in total. The molecule has 0 atom stereocenters. The summed E-state index contributed by atoms with van der Waals surface area (Å²) in [5.74, 6) is 0.573. The Kier molecular flexibility index (Phi) is 7.09. The fourth-order valence-corrected chi connectivity index (χ4v) is 3.48. The Morgan fingerprint density at radius 1 is 1.09 bits per heavy atom. The number of furan rings is 1. The maximum Gasteiger partial charge on any atom is 0.276 e. The van der Waals surface area contributed by atoms with Crippen molar-refractivity contribution in [2.75, 3.05) is 19.6 Å². The van der Waals surface area contributed by atoms with Crippen molar-refractivity contribution in [1.29, 1.82) is 0 Å². The first-order chi connectivity index (χ1) is 10.0. The lowest BCUT2D eigenvalue weighted by molar-refractivity contribution is 0.377. The number of benzene rings is 1. The average Bonchev–Trinajstić information content (AvgIpc) is 2.92. The van der Waals surface area contributed by atoms with E-state index in [1.807, 2.05) is 30.3 Å². The molecule has 1 heterocycles. The molecule has 2 rings (SSSR count). The molecule has 0 radical (unpaired) electrons. The molecule has 1 aromatic carbocycles. The molecule has 0 spiro atoms. The minimum Gasteiger partial charge on any atom is -0.449 e. The summed E-state index contributed by atoms with van der Waals surface area (Å²) in [4.78, 5) is 0. The van der Waals surface area contributed by atoms with Crippen molar-refractivity contribution < 1.29 is 12.8 Å². The van der Waals surface area contributed by atoms with Gasteiger partial charge in [0.05, 0.1) is 0 Å². The van der Waals surface area contributed by atoms with Crippen LogP contribution >= 0.6 is 12.4 Å². The van der Waals surface area contributed by atoms with Crippen LogP contribution in [0.1, 0.15) is 11.3 Å². The molecule has 2 aromatic rings. The normalized spacial score (nSPS) is 11.4. The Labute approximate surface area is 137 Å². The summed E-state index contributed by atoms with van der Waals surface area (Å²) in [7, 11) is -3.63. The molecule has 0 fully saturated rings. The Morgan fingerprint density at radius 2 is 1.77 bits per heavy atom. The zero-order valence-corrected chi connectivity index (χ0v) is 14.1. The number of hydrogen-bond donors (Lipinski definition) is 1. The van der Waals surface area contributed by atoms with E-state index in [1.54, 1.807) is 13.0 Å². The minimum absolute atomic E-state index is 0. The van der Waals surface area contributed by atoms with Gasteiger partial charge in [0.2, 0.25) is 5.09 Å². The average molecular weight is 345 g/mol. The second-order valence-corrected chi connectivity index (χ2v) is 6.66. The highest BCUT2D eigenvalue weighted by atomic mass is 35.5. The standard InChI is InChI=1S/C15H20N2O3S.ClH/c1-13-7-8-15(20-13)21(18,19)17(12-10-16)11-9-14-5-3-2-4-6-14;/h2-8H,9-12,16H2,1H3;1H. The van der Waals surface area contributed by atoms with Gasteiger partial charge in [-0.05, 0) is 31.0 Å². The number of hydrogen-bond acceptors (Lipinski definition) is 4. The highest BCUT2D eigenvalue weighted by Crippen LogP contribution is 2.18. The molecule has 0 saturated heterocycles. The Hall–Kier alpha value is -1.34. The Balaban J connectivity index is 0.00000242. The first-order valence-electron chi connectivity index (χ1n) is 6.84. The fourth-order valence-electron chi connectivity index (χ4n) is 2.07. The number of nitrogens with two attached hydrogens (primary N) is 1. The predicted octanol–water partition coefficient (Wildman–Crippen LogP) is 2.20. The maximum atomic E-state index is 12.5. The molecule has 122 valence electrons. The lowest BCUT2D eigenvalue weighted by Gasteiger charge is -2.20. The molecule has 0 amide bonds. The van der Waals surface area contributed by atoms with Crippen molar-refractivity contribution in [1.82, 2.24) is 4.31 Å². The van der Waals surface area contributed by atoms with Crippen LogP contribution in [0.25, 0.3) is 0 Å². The molecule has 0 unspecified atom stereocenters. The summed E-state index contributed by atoms with van der Waals surface area (Å²) in [5, 5.41) is -0.0264. The predicted molar refractivity (Wildman–Crippen MR) is 88.7 cm³/mol. The van der Waals surface area contributed by atoms with Gasteiger partial charge in [-0.25, -0.2) is 8.42 Å². The summed E-state index contributed by atoms with van der Waals surface area (Å²) in [5.41, 5.74) is 6.63. The van der Waals surface area contributed by atoms with Crippen molar-refractivity contribution >= 4 is 22.4 Å². The van der Waals surface area contributed by atoms with E-state index >= 15 is 0 Å². The summed E-state index contributed by atoms with van der Waals surface area (Å²) in [6, 6.07) is 12.9. The molecule has 22 heavy (non-hydrogen) atoms. The third-order valence-corrected chi connectivity index (χ3v) is 4.95. The van der Waals surface area contributed by atoms with Crippen LogP contribution in [0.3, 0.4) is 0 Å². The first kappa shape index (κ1) is 18.7. The third kappa shape index (κ3) is 4.58. The number of halogens is 1. The molecule has 0 bridgehead atoms. The molecule has 0 aliphatic carbocycles. The first-order valence-corrected chi connectivity index (χ1v) is 8.28. The van der Waals surface area contributed by atoms with E-state index in [0.29, 0.717) is 18.7 Å². The number of aryl methyl sites for hydroxylation is 1. The molecule has 0 saturated carbocycles. The molecular weight excluding hydrogens is 324 g/mol. The van der Waals surface area contributed by atoms with Gasteiger partial charge in [0.1, 0.15) is 5.76 Å². The van der Waals surface area contributed by atoms with E-state index in [-0.39, 0.29) is 30.6 Å². The number of nitrogens with zero attached hydrogens (tertiary/aromatic N) is 1. The monoisotopic (exact) mass is 344 g/mol. The molecular formula is C15H21ClN2O3S. The molecule has 2 N–H and O–H groups in total. The zero-order chi connectivity index (χ0) is 15.3. The topological polar surface area (TPSA) is 76.5 Å². The van der Waals surface area contributed by atoms with Crippen molar-refractivity contribution in [2.24, 2.45) is 5.73 Å². The molecule has 0 aliphatic heterocycles. The van der Waals surface area contributed by atoms with Gasteiger partial charge in [-0.2, -0.15) is 4.31 Å². The van der Waals surface area contributed by atoms with Crippen molar-refractivity contribution in [3.8, 4) is 0 Å². The van der Waals surface area contributed by atoms with Crippen molar-refractivity contribution in [3.05, 3.63) is 53.8 Å². The van der Waals surface area contributed by atoms with Gasteiger partial charge in [0.25, 0.3) is 10.0 Å².